The second-order valence-electron chi connectivity index (χ2n) is 7.92. The van der Waals surface area contributed by atoms with Gasteiger partial charge in [-0.05, 0) is 22.3 Å². The Morgan fingerprint density at radius 2 is 1.56 bits per heavy atom. The normalized spacial score (nSPS) is 13.0. The fourth-order valence-electron chi connectivity index (χ4n) is 3.86. The van der Waals surface area contributed by atoms with Crippen molar-refractivity contribution >= 4 is 18.0 Å². The van der Waals surface area contributed by atoms with E-state index in [1.165, 1.54) is 25.1 Å². The number of carboxylic acids is 1. The van der Waals surface area contributed by atoms with E-state index in [1.807, 2.05) is 24.3 Å². The first-order valence-corrected chi connectivity index (χ1v) is 11.1. The number of fused-ring (bicyclic) bond motifs is 3. The highest BCUT2D eigenvalue weighted by atomic mass is 16.6. The predicted molar refractivity (Wildman–Crippen MR) is 125 cm³/mol. The number of carbonyl (C=O) groups excluding carboxylic acids is 2. The summed E-state index contributed by atoms with van der Waals surface area (Å²) in [6.45, 7) is 2.32. The predicted octanol–water partition coefficient (Wildman–Crippen LogP) is 2.49. The number of alkyl carbamates (subject to hydrolysis) is 1. The average molecular weight is 471 g/mol. The van der Waals surface area contributed by atoms with Gasteiger partial charge in [0.2, 0.25) is 5.91 Å². The van der Waals surface area contributed by atoms with E-state index < -0.39 is 18.1 Å². The summed E-state index contributed by atoms with van der Waals surface area (Å²) in [5, 5.41) is 11.8. The molecule has 2 aromatic rings. The van der Waals surface area contributed by atoms with Crippen molar-refractivity contribution in [2.45, 2.75) is 18.9 Å². The number of amides is 2. The first kappa shape index (κ1) is 25.2. The minimum atomic E-state index is -1.13. The van der Waals surface area contributed by atoms with E-state index in [4.69, 9.17) is 19.3 Å². The van der Waals surface area contributed by atoms with Gasteiger partial charge in [-0.1, -0.05) is 48.5 Å². The Kier molecular flexibility index (Phi) is 9.00. The third-order valence-electron chi connectivity index (χ3n) is 5.76. The van der Waals surface area contributed by atoms with E-state index in [-0.39, 0.29) is 51.4 Å². The van der Waals surface area contributed by atoms with Gasteiger partial charge in [-0.15, -0.1) is 0 Å². The van der Waals surface area contributed by atoms with Crippen molar-refractivity contribution in [1.82, 2.24) is 10.2 Å². The largest absolute Gasteiger partial charge is 0.480 e. The molecule has 0 saturated carbocycles. The minimum Gasteiger partial charge on any atom is -0.480 e. The third-order valence-corrected chi connectivity index (χ3v) is 5.76. The standard InChI is InChI=1S/C25H30N2O7/c1-17(28)27(2)23(24(29)30)16-33-14-13-32-12-11-26-25(31)34-15-22-20-9-5-3-7-18(20)19-8-4-6-10-21(19)22/h3-10,22-23H,11-16H2,1-2H3,(H,26,31)(H,29,30). The molecule has 0 fully saturated rings. The number of aliphatic carboxylic acids is 1. The number of carbonyl (C=O) groups is 3. The average Bonchev–Trinajstić information content (AvgIpc) is 3.14. The van der Waals surface area contributed by atoms with Crippen LogP contribution in [0.4, 0.5) is 4.79 Å². The number of rotatable bonds is 12. The van der Waals surface area contributed by atoms with Crippen LogP contribution >= 0.6 is 0 Å². The Morgan fingerprint density at radius 1 is 0.971 bits per heavy atom. The van der Waals surface area contributed by atoms with Crippen molar-refractivity contribution in [3.05, 3.63) is 59.7 Å². The van der Waals surface area contributed by atoms with Crippen LogP contribution in [0.15, 0.2) is 48.5 Å². The van der Waals surface area contributed by atoms with Crippen molar-refractivity contribution in [2.24, 2.45) is 0 Å². The number of ether oxygens (including phenoxy) is 3. The highest BCUT2D eigenvalue weighted by Gasteiger charge is 2.29. The van der Waals surface area contributed by atoms with Gasteiger partial charge in [-0.2, -0.15) is 0 Å². The highest BCUT2D eigenvalue weighted by Crippen LogP contribution is 2.44. The third kappa shape index (κ3) is 6.33. The van der Waals surface area contributed by atoms with Gasteiger partial charge < -0.3 is 29.5 Å². The number of likely N-dealkylation sites (N-methyl/N-ethyl adjacent to an activating group) is 1. The summed E-state index contributed by atoms with van der Waals surface area (Å²) in [6, 6.07) is 15.2. The Morgan fingerprint density at radius 3 is 2.15 bits per heavy atom. The molecule has 9 heteroatoms. The van der Waals surface area contributed by atoms with Gasteiger partial charge in [-0.25, -0.2) is 9.59 Å². The molecule has 0 saturated heterocycles. The van der Waals surface area contributed by atoms with Crippen LogP contribution < -0.4 is 5.32 Å². The monoisotopic (exact) mass is 470 g/mol. The molecular weight excluding hydrogens is 440 g/mol. The van der Waals surface area contributed by atoms with Crippen molar-refractivity contribution in [2.75, 3.05) is 46.6 Å². The maximum Gasteiger partial charge on any atom is 0.407 e. The molecule has 2 N–H and O–H groups in total. The van der Waals surface area contributed by atoms with E-state index in [1.54, 1.807) is 0 Å². The second kappa shape index (κ2) is 12.2. The topological polar surface area (TPSA) is 114 Å². The van der Waals surface area contributed by atoms with Gasteiger partial charge in [0.05, 0.1) is 26.4 Å². The zero-order valence-corrected chi connectivity index (χ0v) is 19.4. The van der Waals surface area contributed by atoms with Gasteiger partial charge in [0, 0.05) is 26.4 Å². The summed E-state index contributed by atoms with van der Waals surface area (Å²) < 4.78 is 16.1. The van der Waals surface area contributed by atoms with Crippen LogP contribution in [0.2, 0.25) is 0 Å². The molecule has 0 radical (unpaired) electrons. The molecule has 1 unspecified atom stereocenters. The van der Waals surface area contributed by atoms with E-state index in [0.717, 1.165) is 16.0 Å². The zero-order chi connectivity index (χ0) is 24.5. The molecule has 9 nitrogen and oxygen atoms in total. The fourth-order valence-corrected chi connectivity index (χ4v) is 3.86. The van der Waals surface area contributed by atoms with E-state index >= 15 is 0 Å². The van der Waals surface area contributed by atoms with E-state index in [9.17, 15) is 14.4 Å². The number of hydrogen-bond donors (Lipinski definition) is 2. The quantitative estimate of drug-likeness (QED) is 0.458. The summed E-state index contributed by atoms with van der Waals surface area (Å²) in [5.41, 5.74) is 4.65. The maximum atomic E-state index is 12.1. The van der Waals surface area contributed by atoms with Crippen molar-refractivity contribution in [3.63, 3.8) is 0 Å². The fraction of sp³-hybridized carbons (Fsp3) is 0.400. The van der Waals surface area contributed by atoms with Gasteiger partial charge in [0.1, 0.15) is 6.61 Å². The first-order chi connectivity index (χ1) is 16.4. The molecule has 34 heavy (non-hydrogen) atoms. The number of carboxylic acid groups (broad SMARTS) is 1. The van der Waals surface area contributed by atoms with Crippen LogP contribution in [-0.4, -0.2) is 80.6 Å². The van der Waals surface area contributed by atoms with Gasteiger partial charge in [0.25, 0.3) is 0 Å². The van der Waals surface area contributed by atoms with Crippen LogP contribution in [0.3, 0.4) is 0 Å². The Bertz CT molecular complexity index is 965. The minimum absolute atomic E-state index is 0.00299. The van der Waals surface area contributed by atoms with Crippen LogP contribution in [0.5, 0.6) is 0 Å². The van der Waals surface area contributed by atoms with Crippen LogP contribution in [0, 0.1) is 0 Å². The lowest BCUT2D eigenvalue weighted by Gasteiger charge is -2.23. The zero-order valence-electron chi connectivity index (χ0n) is 19.4. The van der Waals surface area contributed by atoms with Gasteiger partial charge in [0.15, 0.2) is 6.04 Å². The number of hydrogen-bond acceptors (Lipinski definition) is 6. The molecule has 1 aliphatic rings. The van der Waals surface area contributed by atoms with Crippen LogP contribution in [0.1, 0.15) is 24.0 Å². The lowest BCUT2D eigenvalue weighted by molar-refractivity contribution is -0.151. The van der Waals surface area contributed by atoms with Gasteiger partial charge >= 0.3 is 12.1 Å². The maximum absolute atomic E-state index is 12.1. The Balaban J connectivity index is 1.31. The smallest absolute Gasteiger partial charge is 0.407 e. The summed E-state index contributed by atoms with van der Waals surface area (Å²) >= 11 is 0. The molecule has 0 bridgehead atoms. The molecule has 0 spiro atoms. The number of benzene rings is 2. The van der Waals surface area contributed by atoms with Gasteiger partial charge in [-0.3, -0.25) is 4.79 Å². The highest BCUT2D eigenvalue weighted by molar-refractivity contribution is 5.82. The molecule has 0 heterocycles. The first-order valence-electron chi connectivity index (χ1n) is 11.1. The molecule has 182 valence electrons. The summed E-state index contributed by atoms with van der Waals surface area (Å²) in [4.78, 5) is 35.8. The van der Waals surface area contributed by atoms with E-state index in [2.05, 4.69) is 29.6 Å². The van der Waals surface area contributed by atoms with Crippen molar-refractivity contribution < 1.29 is 33.7 Å². The summed E-state index contributed by atoms with van der Waals surface area (Å²) in [6.07, 6.45) is -0.515. The lowest BCUT2D eigenvalue weighted by atomic mass is 9.98. The SMILES string of the molecule is CC(=O)N(C)C(COCCOCCNC(=O)OCC1c2ccccc2-c2ccccc21)C(=O)O. The molecule has 0 aromatic heterocycles. The number of nitrogens with one attached hydrogen (secondary N) is 1. The summed E-state index contributed by atoms with van der Waals surface area (Å²) in [5.74, 6) is -1.49. The van der Waals surface area contributed by atoms with Crippen molar-refractivity contribution in [1.29, 1.82) is 0 Å². The molecule has 1 aliphatic carbocycles. The molecule has 2 aromatic carbocycles. The second-order valence-corrected chi connectivity index (χ2v) is 7.92. The Labute approximate surface area is 198 Å². The molecular formula is C25H30N2O7. The van der Waals surface area contributed by atoms with Crippen LogP contribution in [-0.2, 0) is 23.8 Å². The molecule has 2 amide bonds. The van der Waals surface area contributed by atoms with E-state index in [0.29, 0.717) is 0 Å². The summed E-state index contributed by atoms with van der Waals surface area (Å²) in [7, 11) is 1.41. The lowest BCUT2D eigenvalue weighted by Crippen LogP contribution is -2.44. The van der Waals surface area contributed by atoms with Crippen molar-refractivity contribution in [3.8, 4) is 11.1 Å². The molecule has 0 aliphatic heterocycles. The molecule has 1 atom stereocenters. The Hall–Kier alpha value is -3.43. The number of nitrogens with zero attached hydrogens (tertiary/aromatic N) is 1. The molecule has 3 rings (SSSR count). The van der Waals surface area contributed by atoms with Crippen LogP contribution in [0.25, 0.3) is 11.1 Å².